The molecule has 2 aliphatic rings. The van der Waals surface area contributed by atoms with Crippen molar-refractivity contribution in [2.24, 2.45) is 5.92 Å². The van der Waals surface area contributed by atoms with Gasteiger partial charge in [0, 0.05) is 11.7 Å². The zero-order valence-corrected chi connectivity index (χ0v) is 14.1. The van der Waals surface area contributed by atoms with Crippen LogP contribution in [0.3, 0.4) is 0 Å². The smallest absolute Gasteiger partial charge is 0.238 e. The summed E-state index contributed by atoms with van der Waals surface area (Å²) in [5.41, 5.74) is 0.843. The van der Waals surface area contributed by atoms with Gasteiger partial charge in [0.1, 0.15) is 5.75 Å². The number of hydrogen-bond acceptors (Lipinski definition) is 3. The standard InChI is InChI=1S/C19H28N2O2/c1-2-23-17-11-9-16(10-12-17)20-19(22)14-21-13-5-7-15-6-3-4-8-18(15)21/h9-12,15,18H,2-8,13-14H2,1H3,(H,20,22)/t15-,18+/m1/s1. The Morgan fingerprint density at radius 3 is 2.70 bits per heavy atom. The third-order valence-electron chi connectivity index (χ3n) is 5.15. The Morgan fingerprint density at radius 1 is 1.17 bits per heavy atom. The highest BCUT2D eigenvalue weighted by molar-refractivity contribution is 5.92. The summed E-state index contributed by atoms with van der Waals surface area (Å²) in [6, 6.07) is 8.24. The van der Waals surface area contributed by atoms with Gasteiger partial charge in [0.05, 0.1) is 13.2 Å². The summed E-state index contributed by atoms with van der Waals surface area (Å²) in [4.78, 5) is 14.8. The monoisotopic (exact) mass is 316 g/mol. The van der Waals surface area contributed by atoms with Gasteiger partial charge in [-0.15, -0.1) is 0 Å². The van der Waals surface area contributed by atoms with Gasteiger partial charge in [0.15, 0.2) is 0 Å². The molecule has 1 saturated carbocycles. The van der Waals surface area contributed by atoms with Gasteiger partial charge >= 0.3 is 0 Å². The highest BCUT2D eigenvalue weighted by Gasteiger charge is 2.33. The molecule has 1 aliphatic heterocycles. The Balaban J connectivity index is 1.53. The predicted molar refractivity (Wildman–Crippen MR) is 92.8 cm³/mol. The molecule has 1 aliphatic carbocycles. The van der Waals surface area contributed by atoms with Gasteiger partial charge in [0.25, 0.3) is 0 Å². The fourth-order valence-electron chi connectivity index (χ4n) is 4.11. The lowest BCUT2D eigenvalue weighted by Gasteiger charge is -2.43. The van der Waals surface area contributed by atoms with E-state index in [0.29, 0.717) is 19.2 Å². The molecule has 2 fully saturated rings. The molecule has 4 heteroatoms. The summed E-state index contributed by atoms with van der Waals surface area (Å²) in [6.07, 6.45) is 7.88. The van der Waals surface area contributed by atoms with Gasteiger partial charge in [0.2, 0.25) is 5.91 Å². The summed E-state index contributed by atoms with van der Waals surface area (Å²) in [7, 11) is 0. The maximum Gasteiger partial charge on any atom is 0.238 e. The molecule has 0 bridgehead atoms. The van der Waals surface area contributed by atoms with Crippen molar-refractivity contribution in [1.82, 2.24) is 4.90 Å². The number of ether oxygens (including phenoxy) is 1. The van der Waals surface area contributed by atoms with Gasteiger partial charge < -0.3 is 10.1 Å². The van der Waals surface area contributed by atoms with E-state index in [1.165, 1.54) is 38.5 Å². The van der Waals surface area contributed by atoms with Crippen molar-refractivity contribution >= 4 is 11.6 Å². The lowest BCUT2D eigenvalue weighted by Crippen LogP contribution is -2.49. The van der Waals surface area contributed by atoms with Crippen LogP contribution in [0.4, 0.5) is 5.69 Å². The first kappa shape index (κ1) is 16.3. The van der Waals surface area contributed by atoms with Crippen LogP contribution in [0.25, 0.3) is 0 Å². The van der Waals surface area contributed by atoms with Crippen LogP contribution in [0.1, 0.15) is 45.4 Å². The second-order valence-corrected chi connectivity index (χ2v) is 6.73. The SMILES string of the molecule is CCOc1ccc(NC(=O)CN2CCC[C@H]3CCCC[C@@H]32)cc1. The minimum atomic E-state index is 0.0976. The minimum Gasteiger partial charge on any atom is -0.494 e. The fraction of sp³-hybridized carbons (Fsp3) is 0.632. The number of anilines is 1. The van der Waals surface area contributed by atoms with E-state index < -0.39 is 0 Å². The maximum absolute atomic E-state index is 12.4. The topological polar surface area (TPSA) is 41.6 Å². The van der Waals surface area contributed by atoms with Crippen molar-refractivity contribution < 1.29 is 9.53 Å². The zero-order valence-electron chi connectivity index (χ0n) is 14.1. The Kier molecular flexibility index (Phi) is 5.55. The van der Waals surface area contributed by atoms with Crippen LogP contribution in [0.15, 0.2) is 24.3 Å². The molecule has 1 amide bonds. The average Bonchev–Trinajstić information content (AvgIpc) is 2.57. The van der Waals surface area contributed by atoms with E-state index in [1.807, 2.05) is 31.2 Å². The highest BCUT2D eigenvalue weighted by atomic mass is 16.5. The Bertz CT molecular complexity index is 513. The fourth-order valence-corrected chi connectivity index (χ4v) is 4.11. The molecule has 1 N–H and O–H groups in total. The van der Waals surface area contributed by atoms with Gasteiger partial charge in [-0.25, -0.2) is 0 Å². The molecule has 126 valence electrons. The number of amides is 1. The molecule has 0 spiro atoms. The third kappa shape index (κ3) is 4.25. The molecule has 3 rings (SSSR count). The molecule has 0 radical (unpaired) electrons. The van der Waals surface area contributed by atoms with Crippen LogP contribution >= 0.6 is 0 Å². The van der Waals surface area contributed by atoms with Crippen LogP contribution in [-0.4, -0.2) is 36.5 Å². The number of carbonyl (C=O) groups is 1. The van der Waals surface area contributed by atoms with Gasteiger partial charge in [-0.1, -0.05) is 12.8 Å². The lowest BCUT2D eigenvalue weighted by molar-refractivity contribution is -0.118. The first-order chi connectivity index (χ1) is 11.3. The van der Waals surface area contributed by atoms with Crippen molar-refractivity contribution in [3.63, 3.8) is 0 Å². The molecular formula is C19H28N2O2. The van der Waals surface area contributed by atoms with E-state index in [1.54, 1.807) is 0 Å². The number of rotatable bonds is 5. The summed E-state index contributed by atoms with van der Waals surface area (Å²) in [6.45, 7) is 4.21. The molecule has 2 atom stereocenters. The molecule has 1 heterocycles. The van der Waals surface area contributed by atoms with Crippen LogP contribution in [0.5, 0.6) is 5.75 Å². The van der Waals surface area contributed by atoms with E-state index in [9.17, 15) is 4.79 Å². The third-order valence-corrected chi connectivity index (χ3v) is 5.15. The summed E-state index contributed by atoms with van der Waals surface area (Å²) < 4.78 is 5.43. The van der Waals surface area contributed by atoms with Crippen molar-refractivity contribution in [3.8, 4) is 5.75 Å². The van der Waals surface area contributed by atoms with Gasteiger partial charge in [-0.3, -0.25) is 9.69 Å². The van der Waals surface area contributed by atoms with Crippen molar-refractivity contribution in [3.05, 3.63) is 24.3 Å². The molecule has 1 aromatic carbocycles. The quantitative estimate of drug-likeness (QED) is 0.901. The van der Waals surface area contributed by atoms with E-state index in [-0.39, 0.29) is 5.91 Å². The second-order valence-electron chi connectivity index (χ2n) is 6.73. The number of benzene rings is 1. The Hall–Kier alpha value is -1.55. The predicted octanol–water partition coefficient (Wildman–Crippen LogP) is 3.68. The van der Waals surface area contributed by atoms with E-state index in [2.05, 4.69) is 10.2 Å². The molecule has 23 heavy (non-hydrogen) atoms. The number of fused-ring (bicyclic) bond motifs is 1. The van der Waals surface area contributed by atoms with Gasteiger partial charge in [-0.05, 0) is 69.3 Å². The summed E-state index contributed by atoms with van der Waals surface area (Å²) >= 11 is 0. The molecule has 0 unspecified atom stereocenters. The molecule has 0 aromatic heterocycles. The molecule has 1 aromatic rings. The average molecular weight is 316 g/mol. The van der Waals surface area contributed by atoms with Crippen molar-refractivity contribution in [2.75, 3.05) is 25.0 Å². The maximum atomic E-state index is 12.4. The summed E-state index contributed by atoms with van der Waals surface area (Å²) in [5.74, 6) is 1.75. The first-order valence-corrected chi connectivity index (χ1v) is 9.03. The molecule has 1 saturated heterocycles. The number of likely N-dealkylation sites (tertiary alicyclic amines) is 1. The number of carbonyl (C=O) groups excluding carboxylic acids is 1. The molecule has 4 nitrogen and oxygen atoms in total. The van der Waals surface area contributed by atoms with Crippen molar-refractivity contribution in [1.29, 1.82) is 0 Å². The summed E-state index contributed by atoms with van der Waals surface area (Å²) in [5, 5.41) is 3.02. The number of nitrogens with zero attached hydrogens (tertiary/aromatic N) is 1. The van der Waals surface area contributed by atoms with Crippen LogP contribution in [0, 0.1) is 5.92 Å². The Morgan fingerprint density at radius 2 is 1.91 bits per heavy atom. The number of piperidine rings is 1. The Labute approximate surface area is 139 Å². The normalized spacial score (nSPS) is 24.7. The minimum absolute atomic E-state index is 0.0976. The van der Waals surface area contributed by atoms with Crippen LogP contribution < -0.4 is 10.1 Å². The number of nitrogens with one attached hydrogen (secondary N) is 1. The zero-order chi connectivity index (χ0) is 16.1. The molecular weight excluding hydrogens is 288 g/mol. The van der Waals surface area contributed by atoms with Crippen LogP contribution in [-0.2, 0) is 4.79 Å². The largest absolute Gasteiger partial charge is 0.494 e. The highest BCUT2D eigenvalue weighted by Crippen LogP contribution is 2.35. The van der Waals surface area contributed by atoms with E-state index in [4.69, 9.17) is 4.74 Å². The second kappa shape index (κ2) is 7.82. The van der Waals surface area contributed by atoms with Crippen LogP contribution in [0.2, 0.25) is 0 Å². The van der Waals surface area contributed by atoms with Crippen molar-refractivity contribution in [2.45, 2.75) is 51.5 Å². The van der Waals surface area contributed by atoms with E-state index >= 15 is 0 Å². The number of hydrogen-bond donors (Lipinski definition) is 1. The first-order valence-electron chi connectivity index (χ1n) is 9.03. The van der Waals surface area contributed by atoms with E-state index in [0.717, 1.165) is 23.9 Å². The van der Waals surface area contributed by atoms with Gasteiger partial charge in [-0.2, -0.15) is 0 Å². The lowest BCUT2D eigenvalue weighted by atomic mass is 9.78.